The third-order valence-corrected chi connectivity index (χ3v) is 4.23. The van der Waals surface area contributed by atoms with E-state index in [9.17, 15) is 14.7 Å². The minimum absolute atomic E-state index is 0.296. The van der Waals surface area contributed by atoms with E-state index >= 15 is 0 Å². The molecule has 0 aliphatic carbocycles. The molecule has 2 amide bonds. The van der Waals surface area contributed by atoms with E-state index in [2.05, 4.69) is 11.9 Å². The molecule has 0 spiro atoms. The van der Waals surface area contributed by atoms with Gasteiger partial charge in [-0.1, -0.05) is 66.7 Å². The topological polar surface area (TPSA) is 92.4 Å². The molecule has 0 saturated heterocycles. The van der Waals surface area contributed by atoms with E-state index in [-0.39, 0.29) is 0 Å². The number of nitrogens with two attached hydrogens (primary N) is 1. The molecule has 5 heteroatoms. The second-order valence-corrected chi connectivity index (χ2v) is 6.18. The maximum Gasteiger partial charge on any atom is 0.240 e. The van der Waals surface area contributed by atoms with Crippen LogP contribution in [0, 0.1) is 5.92 Å². The number of primary amides is 1. The first-order valence-corrected chi connectivity index (χ1v) is 8.49. The summed E-state index contributed by atoms with van der Waals surface area (Å²) in [4.78, 5) is 24.5. The summed E-state index contributed by atoms with van der Waals surface area (Å²) in [6.45, 7) is 3.57. The Kier molecular flexibility index (Phi) is 7.12. The normalized spacial score (nSPS) is 14.0. The van der Waals surface area contributed by atoms with Gasteiger partial charge in [0.05, 0.1) is 12.0 Å². The van der Waals surface area contributed by atoms with Crippen LogP contribution in [0.15, 0.2) is 73.3 Å². The summed E-state index contributed by atoms with van der Waals surface area (Å²) in [7, 11) is 0. The quantitative estimate of drug-likeness (QED) is 0.599. The highest BCUT2D eigenvalue weighted by atomic mass is 16.3. The standard InChI is InChI=1S/C21H24N2O3/c1-2-19(24)17(13-15-9-5-3-6-10-15)21(26)23-18(20(22)25)14-16-11-7-4-8-12-16/h2-12,17-19,24H,1,13-14H2,(H2,22,25)(H,23,26)/t17-,18+,19+/m1/s1. The molecule has 0 aliphatic rings. The Morgan fingerprint density at radius 2 is 1.50 bits per heavy atom. The predicted molar refractivity (Wildman–Crippen MR) is 101 cm³/mol. The smallest absolute Gasteiger partial charge is 0.240 e. The Balaban J connectivity index is 2.12. The van der Waals surface area contributed by atoms with Gasteiger partial charge in [-0.05, 0) is 17.5 Å². The Labute approximate surface area is 153 Å². The maximum absolute atomic E-state index is 12.7. The van der Waals surface area contributed by atoms with Crippen molar-refractivity contribution >= 4 is 11.8 Å². The molecule has 2 aromatic rings. The van der Waals surface area contributed by atoms with Crippen molar-refractivity contribution < 1.29 is 14.7 Å². The highest BCUT2D eigenvalue weighted by molar-refractivity contribution is 5.88. The molecule has 0 radical (unpaired) electrons. The number of carbonyl (C=O) groups is 2. The van der Waals surface area contributed by atoms with Gasteiger partial charge in [-0.25, -0.2) is 0 Å². The van der Waals surface area contributed by atoms with E-state index in [4.69, 9.17) is 5.73 Å². The van der Waals surface area contributed by atoms with Crippen LogP contribution in [0.4, 0.5) is 0 Å². The fourth-order valence-electron chi connectivity index (χ4n) is 2.75. The SMILES string of the molecule is C=C[C@H](O)[C@@H](Cc1ccccc1)C(=O)N[C@@H](Cc1ccccc1)C(N)=O. The highest BCUT2D eigenvalue weighted by Crippen LogP contribution is 2.15. The summed E-state index contributed by atoms with van der Waals surface area (Å²) in [6.07, 6.45) is 0.922. The number of hydrogen-bond acceptors (Lipinski definition) is 3. The zero-order valence-electron chi connectivity index (χ0n) is 14.5. The molecular formula is C21H24N2O3. The number of amides is 2. The molecule has 0 aliphatic heterocycles. The van der Waals surface area contributed by atoms with Crippen LogP contribution in [-0.4, -0.2) is 29.1 Å². The van der Waals surface area contributed by atoms with E-state index in [1.807, 2.05) is 60.7 Å². The summed E-state index contributed by atoms with van der Waals surface area (Å²) < 4.78 is 0. The molecule has 3 atom stereocenters. The van der Waals surface area contributed by atoms with Gasteiger partial charge in [-0.2, -0.15) is 0 Å². The molecule has 0 saturated carbocycles. The Hall–Kier alpha value is -2.92. The molecule has 4 N–H and O–H groups in total. The maximum atomic E-state index is 12.7. The van der Waals surface area contributed by atoms with Crippen LogP contribution in [0.2, 0.25) is 0 Å². The van der Waals surface area contributed by atoms with Crippen LogP contribution < -0.4 is 11.1 Å². The van der Waals surface area contributed by atoms with Crippen molar-refractivity contribution in [2.75, 3.05) is 0 Å². The van der Waals surface area contributed by atoms with Crippen LogP contribution in [0.5, 0.6) is 0 Å². The number of aliphatic hydroxyl groups is 1. The minimum atomic E-state index is -1.03. The second-order valence-electron chi connectivity index (χ2n) is 6.18. The van der Waals surface area contributed by atoms with Gasteiger partial charge < -0.3 is 16.2 Å². The van der Waals surface area contributed by atoms with Crippen molar-refractivity contribution in [3.8, 4) is 0 Å². The van der Waals surface area contributed by atoms with Gasteiger partial charge in [0.2, 0.25) is 11.8 Å². The number of benzene rings is 2. The lowest BCUT2D eigenvalue weighted by Gasteiger charge is -2.23. The highest BCUT2D eigenvalue weighted by Gasteiger charge is 2.28. The first kappa shape index (κ1) is 19.4. The summed E-state index contributed by atoms with van der Waals surface area (Å²) in [5, 5.41) is 12.9. The molecule has 0 heterocycles. The summed E-state index contributed by atoms with van der Waals surface area (Å²) in [5.41, 5.74) is 7.26. The molecule has 2 aromatic carbocycles. The van der Waals surface area contributed by atoms with Crippen molar-refractivity contribution in [1.82, 2.24) is 5.32 Å². The van der Waals surface area contributed by atoms with Crippen LogP contribution in [0.1, 0.15) is 11.1 Å². The van der Waals surface area contributed by atoms with Crippen molar-refractivity contribution in [2.45, 2.75) is 25.0 Å². The van der Waals surface area contributed by atoms with Crippen LogP contribution >= 0.6 is 0 Å². The number of hydrogen-bond donors (Lipinski definition) is 3. The van der Waals surface area contributed by atoms with Crippen LogP contribution in [0.3, 0.4) is 0 Å². The monoisotopic (exact) mass is 352 g/mol. The van der Waals surface area contributed by atoms with Crippen LogP contribution in [0.25, 0.3) is 0 Å². The third-order valence-electron chi connectivity index (χ3n) is 4.23. The zero-order valence-corrected chi connectivity index (χ0v) is 14.5. The minimum Gasteiger partial charge on any atom is -0.388 e. The van der Waals surface area contributed by atoms with Gasteiger partial charge in [-0.15, -0.1) is 6.58 Å². The molecule has 5 nitrogen and oxygen atoms in total. The van der Waals surface area contributed by atoms with Gasteiger partial charge in [0.1, 0.15) is 6.04 Å². The van der Waals surface area contributed by atoms with E-state index in [1.165, 1.54) is 6.08 Å². The lowest BCUT2D eigenvalue weighted by molar-refractivity contribution is -0.131. The first-order chi connectivity index (χ1) is 12.5. The molecule has 0 fully saturated rings. The largest absolute Gasteiger partial charge is 0.388 e. The number of nitrogens with one attached hydrogen (secondary N) is 1. The lowest BCUT2D eigenvalue weighted by atomic mass is 9.92. The average molecular weight is 352 g/mol. The van der Waals surface area contributed by atoms with Crippen molar-refractivity contribution in [3.63, 3.8) is 0 Å². The number of aliphatic hydroxyl groups excluding tert-OH is 1. The molecular weight excluding hydrogens is 328 g/mol. The van der Waals surface area contributed by atoms with Gasteiger partial charge in [0.25, 0.3) is 0 Å². The Bertz CT molecular complexity index is 731. The fourth-order valence-corrected chi connectivity index (χ4v) is 2.75. The lowest BCUT2D eigenvalue weighted by Crippen LogP contribution is -2.50. The molecule has 136 valence electrons. The fraction of sp³-hybridized carbons (Fsp3) is 0.238. The van der Waals surface area contributed by atoms with Gasteiger partial charge in [0, 0.05) is 6.42 Å². The zero-order chi connectivity index (χ0) is 18.9. The number of rotatable bonds is 9. The average Bonchev–Trinajstić information content (AvgIpc) is 2.66. The Morgan fingerprint density at radius 3 is 1.96 bits per heavy atom. The van der Waals surface area contributed by atoms with Gasteiger partial charge >= 0.3 is 0 Å². The van der Waals surface area contributed by atoms with Crippen molar-refractivity contribution in [3.05, 3.63) is 84.4 Å². The Morgan fingerprint density at radius 1 is 1.00 bits per heavy atom. The first-order valence-electron chi connectivity index (χ1n) is 8.49. The molecule has 26 heavy (non-hydrogen) atoms. The van der Waals surface area contributed by atoms with Crippen molar-refractivity contribution in [2.24, 2.45) is 11.7 Å². The van der Waals surface area contributed by atoms with E-state index in [0.29, 0.717) is 12.8 Å². The predicted octanol–water partition coefficient (Wildman–Crippen LogP) is 1.60. The van der Waals surface area contributed by atoms with Crippen molar-refractivity contribution in [1.29, 1.82) is 0 Å². The molecule has 0 aromatic heterocycles. The molecule has 2 rings (SSSR count). The van der Waals surface area contributed by atoms with E-state index in [1.54, 1.807) is 0 Å². The molecule has 0 unspecified atom stereocenters. The van der Waals surface area contributed by atoms with Gasteiger partial charge in [0.15, 0.2) is 0 Å². The summed E-state index contributed by atoms with van der Waals surface area (Å²) in [6, 6.07) is 17.8. The summed E-state index contributed by atoms with van der Waals surface area (Å²) >= 11 is 0. The molecule has 0 bridgehead atoms. The van der Waals surface area contributed by atoms with E-state index < -0.39 is 29.9 Å². The number of carbonyl (C=O) groups excluding carboxylic acids is 2. The second kappa shape index (κ2) is 9.53. The van der Waals surface area contributed by atoms with Crippen LogP contribution in [-0.2, 0) is 22.4 Å². The van der Waals surface area contributed by atoms with E-state index in [0.717, 1.165) is 11.1 Å². The summed E-state index contributed by atoms with van der Waals surface area (Å²) in [5.74, 6) is -1.80. The van der Waals surface area contributed by atoms with Gasteiger partial charge in [-0.3, -0.25) is 9.59 Å². The third kappa shape index (κ3) is 5.57.